The van der Waals surface area contributed by atoms with Gasteiger partial charge in [0.1, 0.15) is 0 Å². The number of carbonyl (C=O) groups excluding carboxylic acids is 1. The second-order valence-corrected chi connectivity index (χ2v) is 10.1. The van der Waals surface area contributed by atoms with Gasteiger partial charge in [-0.25, -0.2) is 13.4 Å². The second-order valence-electron chi connectivity index (χ2n) is 8.45. The van der Waals surface area contributed by atoms with Gasteiger partial charge in [0.15, 0.2) is 5.96 Å². The maximum Gasteiger partial charge on any atom is 0.305 e. The molecule has 0 saturated heterocycles. The fourth-order valence-corrected chi connectivity index (χ4v) is 4.99. The predicted octanol–water partition coefficient (Wildman–Crippen LogP) is 3.49. The average molecular weight is 532 g/mol. The van der Waals surface area contributed by atoms with Gasteiger partial charge in [-0.15, -0.1) is 0 Å². The number of nitrogens with one attached hydrogen (secondary N) is 2. The number of hydrogen-bond acceptors (Lipinski definition) is 5. The number of nitrogens with zero attached hydrogens (tertiary/aromatic N) is 1. The molecule has 0 aliphatic carbocycles. The summed E-state index contributed by atoms with van der Waals surface area (Å²) in [6.07, 6.45) is -0.407. The Labute approximate surface area is 219 Å². The molecule has 4 rings (SSSR count). The van der Waals surface area contributed by atoms with Crippen LogP contribution in [0, 0.1) is 0 Å². The van der Waals surface area contributed by atoms with Crippen LogP contribution in [-0.4, -0.2) is 31.4 Å². The number of carbonyl (C=O) groups is 2. The number of aliphatic carboxylic acids is 1. The van der Waals surface area contributed by atoms with Crippen LogP contribution in [0.2, 0.25) is 0 Å². The summed E-state index contributed by atoms with van der Waals surface area (Å²) < 4.78 is 28.4. The maximum atomic E-state index is 13.0. The second kappa shape index (κ2) is 11.0. The topological polar surface area (TPSA) is 177 Å². The Morgan fingerprint density at radius 3 is 2.34 bits per heavy atom. The zero-order valence-corrected chi connectivity index (χ0v) is 20.9. The van der Waals surface area contributed by atoms with Crippen LogP contribution in [0.1, 0.15) is 28.4 Å². The van der Waals surface area contributed by atoms with E-state index in [1.807, 2.05) is 30.3 Å². The molecule has 11 heteroatoms. The van der Waals surface area contributed by atoms with E-state index in [1.165, 1.54) is 30.3 Å². The van der Waals surface area contributed by atoms with E-state index in [2.05, 4.69) is 15.0 Å². The smallest absolute Gasteiger partial charge is 0.305 e. The Morgan fingerprint density at radius 1 is 0.868 bits per heavy atom. The fourth-order valence-electron chi connectivity index (χ4n) is 3.90. The van der Waals surface area contributed by atoms with Gasteiger partial charge in [-0.2, -0.15) is 0 Å². The number of amides is 1. The fraction of sp³-hybridized carbons (Fsp3) is 0.0741. The molecule has 7 N–H and O–H groups in total. The van der Waals surface area contributed by atoms with Gasteiger partial charge in [-0.1, -0.05) is 48.5 Å². The zero-order chi connectivity index (χ0) is 27.3. The van der Waals surface area contributed by atoms with E-state index in [4.69, 9.17) is 11.5 Å². The number of fused-ring (bicyclic) bond motifs is 1. The lowest BCUT2D eigenvalue weighted by molar-refractivity contribution is -0.137. The number of hydrogen-bond donors (Lipinski definition) is 5. The maximum absolute atomic E-state index is 13.0. The highest BCUT2D eigenvalue weighted by molar-refractivity contribution is 7.92. The van der Waals surface area contributed by atoms with Crippen molar-refractivity contribution < 1.29 is 23.1 Å². The summed E-state index contributed by atoms with van der Waals surface area (Å²) in [5.41, 5.74) is 12.0. The van der Waals surface area contributed by atoms with Gasteiger partial charge in [0, 0.05) is 11.3 Å². The van der Waals surface area contributed by atoms with Crippen molar-refractivity contribution in [1.29, 1.82) is 0 Å². The zero-order valence-electron chi connectivity index (χ0n) is 20.0. The third-order valence-corrected chi connectivity index (χ3v) is 7.00. The van der Waals surface area contributed by atoms with E-state index in [0.29, 0.717) is 11.1 Å². The van der Waals surface area contributed by atoms with Crippen LogP contribution in [0.3, 0.4) is 0 Å². The quantitative estimate of drug-likeness (QED) is 0.162. The molecule has 0 fully saturated rings. The molecule has 10 nitrogen and oxygen atoms in total. The van der Waals surface area contributed by atoms with Gasteiger partial charge in [0.2, 0.25) is 0 Å². The van der Waals surface area contributed by atoms with Crippen LogP contribution < -0.4 is 21.5 Å². The van der Waals surface area contributed by atoms with Gasteiger partial charge in [-0.05, 0) is 58.8 Å². The summed E-state index contributed by atoms with van der Waals surface area (Å²) in [4.78, 5) is 28.4. The Hall–Kier alpha value is -4.90. The molecule has 1 amide bonds. The number of nitrogens with two attached hydrogens (primary N) is 2. The largest absolute Gasteiger partial charge is 0.481 e. The highest BCUT2D eigenvalue weighted by Gasteiger charge is 2.21. The van der Waals surface area contributed by atoms with E-state index < -0.39 is 34.4 Å². The Bertz CT molecular complexity index is 1650. The van der Waals surface area contributed by atoms with Crippen molar-refractivity contribution in [2.24, 2.45) is 16.5 Å². The minimum absolute atomic E-state index is 0.0721. The SMILES string of the molecule is NC(N)=Nc1cccc(S(=O)(=O)Nc2cccc(C(CC(=O)O)NC(=O)c3ccc4ccccc4c3)c2)c1. The van der Waals surface area contributed by atoms with Crippen molar-refractivity contribution in [1.82, 2.24) is 5.32 Å². The number of carboxylic acids is 1. The van der Waals surface area contributed by atoms with Gasteiger partial charge in [0.05, 0.1) is 23.0 Å². The first kappa shape index (κ1) is 26.2. The summed E-state index contributed by atoms with van der Waals surface area (Å²) in [5, 5.41) is 14.1. The van der Waals surface area contributed by atoms with Crippen molar-refractivity contribution >= 4 is 50.0 Å². The molecular formula is C27H25N5O5S. The molecule has 1 atom stereocenters. The third kappa shape index (κ3) is 6.45. The van der Waals surface area contributed by atoms with E-state index in [1.54, 1.807) is 30.3 Å². The van der Waals surface area contributed by atoms with Crippen LogP contribution in [0.5, 0.6) is 0 Å². The standard InChI is InChI=1S/C27H25N5O5S/c28-27(29)30-21-8-4-10-23(15-21)38(36,37)32-22-9-3-7-19(14-22)24(16-25(33)34)31-26(35)20-12-11-17-5-1-2-6-18(17)13-20/h1-15,24,32H,16H2,(H,31,35)(H,33,34)(H4,28,29,30). The average Bonchev–Trinajstić information content (AvgIpc) is 2.87. The third-order valence-electron chi connectivity index (χ3n) is 5.62. The predicted molar refractivity (Wildman–Crippen MR) is 146 cm³/mol. The monoisotopic (exact) mass is 531 g/mol. The Morgan fingerprint density at radius 2 is 1.61 bits per heavy atom. The van der Waals surface area contributed by atoms with Crippen molar-refractivity contribution in [2.75, 3.05) is 4.72 Å². The number of aliphatic imine (C=N–C) groups is 1. The van der Waals surface area contributed by atoms with E-state index in [-0.39, 0.29) is 22.2 Å². The summed E-state index contributed by atoms with van der Waals surface area (Å²) in [7, 11) is -4.03. The van der Waals surface area contributed by atoms with Gasteiger partial charge < -0.3 is 21.9 Å². The van der Waals surface area contributed by atoms with Crippen molar-refractivity contribution in [3.63, 3.8) is 0 Å². The number of benzene rings is 4. The number of guanidine groups is 1. The molecule has 0 radical (unpaired) electrons. The van der Waals surface area contributed by atoms with Crippen LogP contribution in [0.25, 0.3) is 10.8 Å². The summed E-state index contributed by atoms with van der Waals surface area (Å²) in [6.45, 7) is 0. The normalized spacial score (nSPS) is 11.9. The molecule has 0 bridgehead atoms. The first-order valence-corrected chi connectivity index (χ1v) is 12.9. The van der Waals surface area contributed by atoms with E-state index in [9.17, 15) is 23.1 Å². The van der Waals surface area contributed by atoms with Crippen molar-refractivity contribution in [3.05, 3.63) is 102 Å². The molecule has 0 aromatic heterocycles. The van der Waals surface area contributed by atoms with Gasteiger partial charge in [-0.3, -0.25) is 14.3 Å². The molecule has 38 heavy (non-hydrogen) atoms. The molecule has 0 spiro atoms. The minimum Gasteiger partial charge on any atom is -0.481 e. The lowest BCUT2D eigenvalue weighted by atomic mass is 10.0. The van der Waals surface area contributed by atoms with E-state index in [0.717, 1.165) is 10.8 Å². The van der Waals surface area contributed by atoms with Gasteiger partial charge >= 0.3 is 5.97 Å². The van der Waals surface area contributed by atoms with Crippen LogP contribution in [0.4, 0.5) is 11.4 Å². The molecular weight excluding hydrogens is 506 g/mol. The molecule has 0 saturated carbocycles. The highest BCUT2D eigenvalue weighted by atomic mass is 32.2. The number of sulfonamides is 1. The van der Waals surface area contributed by atoms with Crippen LogP contribution >= 0.6 is 0 Å². The molecule has 0 heterocycles. The highest BCUT2D eigenvalue weighted by Crippen LogP contribution is 2.25. The summed E-state index contributed by atoms with van der Waals surface area (Å²) in [6, 6.07) is 23.8. The molecule has 0 aliphatic rings. The van der Waals surface area contributed by atoms with Gasteiger partial charge in [0.25, 0.3) is 15.9 Å². The molecule has 194 valence electrons. The van der Waals surface area contributed by atoms with Crippen LogP contribution in [0.15, 0.2) is 101 Å². The van der Waals surface area contributed by atoms with Crippen molar-refractivity contribution in [2.45, 2.75) is 17.4 Å². The first-order valence-electron chi connectivity index (χ1n) is 11.4. The lowest BCUT2D eigenvalue weighted by Crippen LogP contribution is -2.30. The number of anilines is 1. The summed E-state index contributed by atoms with van der Waals surface area (Å²) in [5.74, 6) is -1.80. The number of carboxylic acid groups (broad SMARTS) is 1. The molecule has 4 aromatic rings. The lowest BCUT2D eigenvalue weighted by Gasteiger charge is -2.19. The van der Waals surface area contributed by atoms with E-state index >= 15 is 0 Å². The minimum atomic E-state index is -4.03. The van der Waals surface area contributed by atoms with Crippen LogP contribution in [-0.2, 0) is 14.8 Å². The number of rotatable bonds is 9. The Balaban J connectivity index is 1.58. The first-order chi connectivity index (χ1) is 18.1. The molecule has 0 aliphatic heterocycles. The summed E-state index contributed by atoms with van der Waals surface area (Å²) >= 11 is 0. The molecule has 4 aromatic carbocycles. The molecule has 1 unspecified atom stereocenters. The Kier molecular flexibility index (Phi) is 7.58. The van der Waals surface area contributed by atoms with Crippen molar-refractivity contribution in [3.8, 4) is 0 Å².